The molecule has 0 radical (unpaired) electrons. The van der Waals surface area contributed by atoms with Gasteiger partial charge >= 0.3 is 0 Å². The Labute approximate surface area is 145 Å². The van der Waals surface area contributed by atoms with Crippen LogP contribution < -0.4 is 10.1 Å². The number of hydrogen-bond acceptors (Lipinski definition) is 3. The normalized spacial score (nSPS) is 12.3. The van der Waals surface area contributed by atoms with Crippen LogP contribution in [-0.4, -0.2) is 43.1 Å². The summed E-state index contributed by atoms with van der Waals surface area (Å²) in [6, 6.07) is 9.79. The number of amides is 1. The maximum Gasteiger partial charge on any atom is 0.268 e. The Bertz CT molecular complexity index is 682. The largest absolute Gasteiger partial charge is 0.497 e. The van der Waals surface area contributed by atoms with E-state index in [0.29, 0.717) is 12.2 Å². The number of carbonyl (C=O) groups excluding carboxylic acids is 1. The van der Waals surface area contributed by atoms with Crippen molar-refractivity contribution >= 4 is 21.8 Å². The number of nitrogens with one attached hydrogen (secondary N) is 1. The number of hydrogen-bond donors (Lipinski definition) is 1. The molecule has 0 saturated heterocycles. The minimum absolute atomic E-state index is 0.0674. The lowest BCUT2D eigenvalue weighted by Gasteiger charge is -2.25. The zero-order valence-corrected chi connectivity index (χ0v) is 15.4. The van der Waals surface area contributed by atoms with E-state index in [4.69, 9.17) is 4.74 Å². The summed E-state index contributed by atoms with van der Waals surface area (Å²) in [4.78, 5) is 14.4. The van der Waals surface area contributed by atoms with Crippen molar-refractivity contribution in [2.45, 2.75) is 6.04 Å². The van der Waals surface area contributed by atoms with Gasteiger partial charge in [0.25, 0.3) is 5.91 Å². The summed E-state index contributed by atoms with van der Waals surface area (Å²) >= 11 is 3.38. The topological polar surface area (TPSA) is 46.5 Å². The van der Waals surface area contributed by atoms with Crippen LogP contribution in [0.4, 0.5) is 0 Å². The van der Waals surface area contributed by atoms with E-state index in [1.807, 2.05) is 57.7 Å². The maximum absolute atomic E-state index is 12.4. The summed E-state index contributed by atoms with van der Waals surface area (Å²) < 4.78 is 7.98. The van der Waals surface area contributed by atoms with Gasteiger partial charge in [-0.2, -0.15) is 0 Å². The molecule has 124 valence electrons. The van der Waals surface area contributed by atoms with Crippen LogP contribution in [0.2, 0.25) is 0 Å². The molecule has 5 nitrogen and oxygen atoms in total. The Balaban J connectivity index is 2.11. The average molecular weight is 380 g/mol. The minimum Gasteiger partial charge on any atom is -0.497 e. The van der Waals surface area contributed by atoms with E-state index in [1.165, 1.54) is 0 Å². The Morgan fingerprint density at radius 3 is 2.70 bits per heavy atom. The number of likely N-dealkylation sites (N-methyl/N-ethyl adjacent to an activating group) is 1. The lowest BCUT2D eigenvalue weighted by molar-refractivity contribution is 0.0934. The highest BCUT2D eigenvalue weighted by Crippen LogP contribution is 2.22. The number of ether oxygens (including phenoxy) is 1. The van der Waals surface area contributed by atoms with E-state index in [1.54, 1.807) is 11.7 Å². The zero-order valence-electron chi connectivity index (χ0n) is 13.8. The number of halogens is 1. The summed E-state index contributed by atoms with van der Waals surface area (Å²) in [5, 5.41) is 3.01. The molecule has 0 aliphatic heterocycles. The number of nitrogens with zero attached hydrogens (tertiary/aromatic N) is 2. The third-order valence-electron chi connectivity index (χ3n) is 3.76. The molecule has 2 aromatic rings. The molecular weight excluding hydrogens is 358 g/mol. The number of carbonyl (C=O) groups is 1. The second-order valence-corrected chi connectivity index (χ2v) is 6.54. The predicted molar refractivity (Wildman–Crippen MR) is 94.9 cm³/mol. The molecule has 1 unspecified atom stereocenters. The van der Waals surface area contributed by atoms with Crippen LogP contribution >= 0.6 is 15.9 Å². The van der Waals surface area contributed by atoms with Gasteiger partial charge in [0.05, 0.1) is 13.2 Å². The SMILES string of the molecule is COc1cccc(C(CNC(=O)c2cc(Br)cn2C)N(C)C)c1. The number of methoxy groups -OCH3 is 1. The van der Waals surface area contributed by atoms with Crippen LogP contribution in [0.1, 0.15) is 22.1 Å². The lowest BCUT2D eigenvalue weighted by atomic mass is 10.1. The van der Waals surface area contributed by atoms with E-state index >= 15 is 0 Å². The van der Waals surface area contributed by atoms with Gasteiger partial charge in [0, 0.05) is 24.3 Å². The summed E-state index contributed by atoms with van der Waals surface area (Å²) in [5.74, 6) is 0.722. The monoisotopic (exact) mass is 379 g/mol. The van der Waals surface area contributed by atoms with Crippen molar-refractivity contribution < 1.29 is 9.53 Å². The fourth-order valence-electron chi connectivity index (χ4n) is 2.48. The standard InChI is InChI=1S/C17H22BrN3O2/c1-20(2)16(12-6-5-7-14(8-12)23-4)10-19-17(22)15-9-13(18)11-21(15)3/h5-9,11,16H,10H2,1-4H3,(H,19,22). The molecule has 1 amide bonds. The van der Waals surface area contributed by atoms with Crippen molar-refractivity contribution in [3.8, 4) is 5.75 Å². The highest BCUT2D eigenvalue weighted by Gasteiger charge is 2.18. The number of aromatic nitrogens is 1. The first-order valence-corrected chi connectivity index (χ1v) is 8.12. The van der Waals surface area contributed by atoms with E-state index < -0.39 is 0 Å². The molecule has 1 atom stereocenters. The Morgan fingerprint density at radius 2 is 2.13 bits per heavy atom. The van der Waals surface area contributed by atoms with Crippen molar-refractivity contribution in [1.82, 2.24) is 14.8 Å². The van der Waals surface area contributed by atoms with Gasteiger partial charge in [-0.05, 0) is 53.8 Å². The molecule has 0 fully saturated rings. The number of benzene rings is 1. The third kappa shape index (κ3) is 4.36. The van der Waals surface area contributed by atoms with Gasteiger partial charge in [-0.15, -0.1) is 0 Å². The van der Waals surface area contributed by atoms with Crippen LogP contribution in [0.15, 0.2) is 41.0 Å². The molecule has 1 aromatic heterocycles. The van der Waals surface area contributed by atoms with Gasteiger partial charge in [-0.25, -0.2) is 0 Å². The molecule has 1 aromatic carbocycles. The first-order valence-electron chi connectivity index (χ1n) is 7.32. The molecule has 0 spiro atoms. The summed E-state index contributed by atoms with van der Waals surface area (Å²) in [6.45, 7) is 0.516. The summed E-state index contributed by atoms with van der Waals surface area (Å²) in [5.41, 5.74) is 1.72. The fraction of sp³-hybridized carbons (Fsp3) is 0.353. The van der Waals surface area contributed by atoms with Crippen LogP contribution in [-0.2, 0) is 7.05 Å². The predicted octanol–water partition coefficient (Wildman–Crippen LogP) is 2.83. The van der Waals surface area contributed by atoms with Crippen molar-refractivity contribution in [1.29, 1.82) is 0 Å². The molecule has 0 saturated carbocycles. The summed E-state index contributed by atoms with van der Waals surface area (Å²) in [6.07, 6.45) is 1.86. The van der Waals surface area contributed by atoms with E-state index in [2.05, 4.69) is 26.1 Å². The van der Waals surface area contributed by atoms with Crippen LogP contribution in [0.25, 0.3) is 0 Å². The smallest absolute Gasteiger partial charge is 0.268 e. The van der Waals surface area contributed by atoms with Gasteiger partial charge in [0.1, 0.15) is 11.4 Å². The lowest BCUT2D eigenvalue weighted by Crippen LogP contribution is -2.35. The fourth-order valence-corrected chi connectivity index (χ4v) is 3.00. The third-order valence-corrected chi connectivity index (χ3v) is 4.20. The number of rotatable bonds is 6. The van der Waals surface area contributed by atoms with E-state index in [-0.39, 0.29) is 11.9 Å². The first kappa shape index (κ1) is 17.6. The quantitative estimate of drug-likeness (QED) is 0.839. The molecule has 0 aliphatic rings. The molecule has 0 aliphatic carbocycles. The molecule has 1 heterocycles. The van der Waals surface area contributed by atoms with E-state index in [0.717, 1.165) is 15.8 Å². The van der Waals surface area contributed by atoms with Crippen LogP contribution in [0, 0.1) is 0 Å². The Kier molecular flexibility index (Phi) is 5.85. The van der Waals surface area contributed by atoms with Gasteiger partial charge in [0.15, 0.2) is 0 Å². The zero-order chi connectivity index (χ0) is 17.0. The van der Waals surface area contributed by atoms with Gasteiger partial charge in [-0.3, -0.25) is 4.79 Å². The van der Waals surface area contributed by atoms with Gasteiger partial charge < -0.3 is 19.5 Å². The number of aryl methyl sites for hydroxylation is 1. The van der Waals surface area contributed by atoms with Crippen molar-refractivity contribution in [2.24, 2.45) is 7.05 Å². The molecule has 1 N–H and O–H groups in total. The van der Waals surface area contributed by atoms with Crippen molar-refractivity contribution in [3.05, 3.63) is 52.3 Å². The van der Waals surface area contributed by atoms with Gasteiger partial charge in [-0.1, -0.05) is 12.1 Å². The second-order valence-electron chi connectivity index (χ2n) is 5.62. The highest BCUT2D eigenvalue weighted by molar-refractivity contribution is 9.10. The molecule has 23 heavy (non-hydrogen) atoms. The molecule has 2 rings (SSSR count). The maximum atomic E-state index is 12.4. The van der Waals surface area contributed by atoms with Crippen LogP contribution in [0.5, 0.6) is 5.75 Å². The molecule has 0 bridgehead atoms. The first-order chi connectivity index (χ1) is 10.9. The average Bonchev–Trinajstić information content (AvgIpc) is 2.86. The molecule has 6 heteroatoms. The van der Waals surface area contributed by atoms with Gasteiger partial charge in [0.2, 0.25) is 0 Å². The molecular formula is C17H22BrN3O2. The van der Waals surface area contributed by atoms with Crippen molar-refractivity contribution in [3.63, 3.8) is 0 Å². The second kappa shape index (κ2) is 7.66. The van der Waals surface area contributed by atoms with Crippen molar-refractivity contribution in [2.75, 3.05) is 27.7 Å². The minimum atomic E-state index is -0.0899. The Morgan fingerprint density at radius 1 is 1.39 bits per heavy atom. The Hall–Kier alpha value is -1.79. The highest BCUT2D eigenvalue weighted by atomic mass is 79.9. The van der Waals surface area contributed by atoms with Crippen LogP contribution in [0.3, 0.4) is 0 Å². The summed E-state index contributed by atoms with van der Waals surface area (Å²) in [7, 11) is 7.49. The van der Waals surface area contributed by atoms with E-state index in [9.17, 15) is 4.79 Å².